The lowest BCUT2D eigenvalue weighted by molar-refractivity contribution is -0.116. The molecule has 1 aromatic carbocycles. The maximum Gasteiger partial charge on any atom is 0.151 e. The first kappa shape index (κ1) is 11.3. The van der Waals surface area contributed by atoms with E-state index in [0.717, 1.165) is 14.0 Å². The fourth-order valence-electron chi connectivity index (χ4n) is 0.946. The highest BCUT2D eigenvalue weighted by molar-refractivity contribution is 14.1. The van der Waals surface area contributed by atoms with Crippen LogP contribution < -0.4 is 0 Å². The van der Waals surface area contributed by atoms with Crippen LogP contribution in [0.1, 0.15) is 5.56 Å². The highest BCUT2D eigenvalue weighted by Crippen LogP contribution is 2.18. The summed E-state index contributed by atoms with van der Waals surface area (Å²) in [6.07, 6.45) is 0.374. The Morgan fingerprint density at radius 3 is 2.77 bits per heavy atom. The Morgan fingerprint density at radius 1 is 1.54 bits per heavy atom. The Kier molecular flexibility index (Phi) is 4.55. The first-order chi connectivity index (χ1) is 6.13. The van der Waals surface area contributed by atoms with Crippen molar-refractivity contribution in [3.63, 3.8) is 0 Å². The van der Waals surface area contributed by atoms with E-state index in [2.05, 4.69) is 35.2 Å². The van der Waals surface area contributed by atoms with Crippen LogP contribution in [0.4, 0.5) is 0 Å². The van der Waals surface area contributed by atoms with Gasteiger partial charge in [-0.1, -0.05) is 6.07 Å². The van der Waals surface area contributed by atoms with Gasteiger partial charge in [0.1, 0.15) is 0 Å². The zero-order valence-corrected chi connectivity index (χ0v) is 10.6. The Labute approximate surface area is 101 Å². The smallest absolute Gasteiger partial charge is 0.151 e. The van der Waals surface area contributed by atoms with Gasteiger partial charge in [0.05, 0.1) is 5.88 Å². The number of hydrogen-bond donors (Lipinski definition) is 1. The van der Waals surface area contributed by atoms with E-state index in [1.807, 2.05) is 18.2 Å². The molecule has 0 bridgehead atoms. The molecule has 70 valence electrons. The van der Waals surface area contributed by atoms with Gasteiger partial charge < -0.3 is 0 Å². The third kappa shape index (κ3) is 3.48. The highest BCUT2D eigenvalue weighted by atomic mass is 127. The van der Waals surface area contributed by atoms with Gasteiger partial charge in [0.25, 0.3) is 0 Å². The highest BCUT2D eigenvalue weighted by Gasteiger charge is 2.05. The van der Waals surface area contributed by atoms with Crippen molar-refractivity contribution in [1.29, 1.82) is 0 Å². The molecule has 0 heterocycles. The summed E-state index contributed by atoms with van der Waals surface area (Å²) in [5.74, 6) is 0.0947. The van der Waals surface area contributed by atoms with Crippen LogP contribution in [-0.4, -0.2) is 11.7 Å². The van der Waals surface area contributed by atoms with Gasteiger partial charge in [-0.05, 0) is 40.3 Å². The number of benzene rings is 1. The normalized spacial score (nSPS) is 10.1. The third-order valence-electron chi connectivity index (χ3n) is 1.58. The molecule has 0 aromatic heterocycles. The lowest BCUT2D eigenvalue weighted by Crippen LogP contribution is -2.04. The van der Waals surface area contributed by atoms with Crippen molar-refractivity contribution >= 4 is 52.6 Å². The minimum absolute atomic E-state index is 0.0261. The van der Waals surface area contributed by atoms with Crippen LogP contribution in [0.25, 0.3) is 0 Å². The summed E-state index contributed by atoms with van der Waals surface area (Å²) >= 11 is 11.9. The van der Waals surface area contributed by atoms with Crippen LogP contribution in [0.5, 0.6) is 0 Å². The number of Topliss-reactive ketones (excluding diaryl/α,β-unsaturated/α-hetero) is 1. The molecule has 0 unspecified atom stereocenters. The summed E-state index contributed by atoms with van der Waals surface area (Å²) in [6.45, 7) is 0. The quantitative estimate of drug-likeness (QED) is 0.513. The van der Waals surface area contributed by atoms with Crippen molar-refractivity contribution in [2.75, 3.05) is 5.88 Å². The molecular weight excluding hydrogens is 319 g/mol. The lowest BCUT2D eigenvalue weighted by Gasteiger charge is -2.03. The number of ketones is 1. The number of thiol groups is 1. The standard InChI is InChI=1S/C9H8ClIOS/c10-5-8(12)3-6-1-2-7(11)4-9(6)13/h1-2,4,13H,3,5H2. The molecule has 0 fully saturated rings. The van der Waals surface area contributed by atoms with Crippen molar-refractivity contribution in [3.8, 4) is 0 Å². The summed E-state index contributed by atoms with van der Waals surface area (Å²) in [7, 11) is 0. The summed E-state index contributed by atoms with van der Waals surface area (Å²) in [4.78, 5) is 11.9. The first-order valence-corrected chi connectivity index (χ1v) is 5.74. The summed E-state index contributed by atoms with van der Waals surface area (Å²) < 4.78 is 1.12. The van der Waals surface area contributed by atoms with E-state index in [1.54, 1.807) is 0 Å². The molecule has 0 spiro atoms. The van der Waals surface area contributed by atoms with Crippen LogP contribution in [0.15, 0.2) is 23.1 Å². The van der Waals surface area contributed by atoms with E-state index in [9.17, 15) is 4.79 Å². The molecule has 1 rings (SSSR count). The molecule has 4 heteroatoms. The van der Waals surface area contributed by atoms with Crippen LogP contribution in [-0.2, 0) is 11.2 Å². The molecular formula is C9H8ClIOS. The number of carbonyl (C=O) groups excluding carboxylic acids is 1. The molecule has 1 aromatic rings. The molecule has 0 saturated carbocycles. The Hall–Kier alpha value is 0.260. The van der Waals surface area contributed by atoms with Crippen molar-refractivity contribution < 1.29 is 4.79 Å². The van der Waals surface area contributed by atoms with Crippen molar-refractivity contribution in [3.05, 3.63) is 27.3 Å². The van der Waals surface area contributed by atoms with Crippen LogP contribution in [0.3, 0.4) is 0 Å². The number of carbonyl (C=O) groups is 1. The van der Waals surface area contributed by atoms with E-state index in [1.165, 1.54) is 0 Å². The maximum absolute atomic E-state index is 11.1. The summed E-state index contributed by atoms with van der Waals surface area (Å²) in [6, 6.07) is 5.80. The second-order valence-corrected chi connectivity index (χ2v) is 4.62. The minimum Gasteiger partial charge on any atom is -0.298 e. The number of halogens is 2. The first-order valence-electron chi connectivity index (χ1n) is 3.68. The zero-order valence-electron chi connectivity index (χ0n) is 6.76. The monoisotopic (exact) mass is 326 g/mol. The molecule has 0 aliphatic carbocycles. The van der Waals surface area contributed by atoms with E-state index in [-0.39, 0.29) is 11.7 Å². The van der Waals surface area contributed by atoms with Gasteiger partial charge in [-0.2, -0.15) is 0 Å². The molecule has 13 heavy (non-hydrogen) atoms. The predicted molar refractivity (Wildman–Crippen MR) is 65.8 cm³/mol. The second-order valence-electron chi connectivity index (χ2n) is 2.62. The van der Waals surface area contributed by atoms with Crippen molar-refractivity contribution in [1.82, 2.24) is 0 Å². The second kappa shape index (κ2) is 5.22. The van der Waals surface area contributed by atoms with E-state index >= 15 is 0 Å². The Morgan fingerprint density at radius 2 is 2.23 bits per heavy atom. The number of rotatable bonds is 3. The van der Waals surface area contributed by atoms with E-state index in [4.69, 9.17) is 11.6 Å². The third-order valence-corrected chi connectivity index (χ3v) is 2.97. The zero-order chi connectivity index (χ0) is 9.84. The molecule has 0 radical (unpaired) electrons. The van der Waals surface area contributed by atoms with Gasteiger partial charge in [-0.25, -0.2) is 0 Å². The average molecular weight is 327 g/mol. The fraction of sp³-hybridized carbons (Fsp3) is 0.222. The van der Waals surface area contributed by atoms with Gasteiger partial charge in [-0.3, -0.25) is 4.79 Å². The van der Waals surface area contributed by atoms with Crippen molar-refractivity contribution in [2.24, 2.45) is 0 Å². The van der Waals surface area contributed by atoms with Crippen LogP contribution in [0, 0.1) is 3.57 Å². The Balaban J connectivity index is 2.83. The molecule has 0 N–H and O–H groups in total. The van der Waals surface area contributed by atoms with Gasteiger partial charge in [-0.15, -0.1) is 24.2 Å². The Bertz CT molecular complexity index is 327. The molecule has 0 amide bonds. The van der Waals surface area contributed by atoms with Crippen LogP contribution >= 0.6 is 46.8 Å². The fourth-order valence-corrected chi connectivity index (χ4v) is 2.07. The van der Waals surface area contributed by atoms with Gasteiger partial charge >= 0.3 is 0 Å². The largest absolute Gasteiger partial charge is 0.298 e. The van der Waals surface area contributed by atoms with Gasteiger partial charge in [0.2, 0.25) is 0 Å². The minimum atomic E-state index is 0.0261. The summed E-state index contributed by atoms with van der Waals surface area (Å²) in [5, 5.41) is 0. The topological polar surface area (TPSA) is 17.1 Å². The number of alkyl halides is 1. The molecule has 0 saturated heterocycles. The molecule has 0 aliphatic rings. The maximum atomic E-state index is 11.1. The van der Waals surface area contributed by atoms with Crippen molar-refractivity contribution in [2.45, 2.75) is 11.3 Å². The molecule has 0 aliphatic heterocycles. The van der Waals surface area contributed by atoms with E-state index in [0.29, 0.717) is 6.42 Å². The predicted octanol–water partition coefficient (Wildman–Crippen LogP) is 2.93. The lowest BCUT2D eigenvalue weighted by atomic mass is 10.1. The number of hydrogen-bond acceptors (Lipinski definition) is 2. The molecule has 1 nitrogen and oxygen atoms in total. The van der Waals surface area contributed by atoms with E-state index < -0.39 is 0 Å². The van der Waals surface area contributed by atoms with Gasteiger partial charge in [0, 0.05) is 14.9 Å². The SMILES string of the molecule is O=C(CCl)Cc1ccc(I)cc1S. The van der Waals surface area contributed by atoms with Gasteiger partial charge in [0.15, 0.2) is 5.78 Å². The molecule has 0 atom stereocenters. The average Bonchev–Trinajstić information content (AvgIpc) is 2.09. The summed E-state index contributed by atoms with van der Waals surface area (Å²) in [5.41, 5.74) is 0.939. The van der Waals surface area contributed by atoms with Crippen LogP contribution in [0.2, 0.25) is 0 Å².